The van der Waals surface area contributed by atoms with Crippen molar-refractivity contribution in [1.29, 1.82) is 5.26 Å². The third-order valence-corrected chi connectivity index (χ3v) is 3.35. The molecule has 1 unspecified atom stereocenters. The molecule has 120 valence electrons. The van der Waals surface area contributed by atoms with Crippen molar-refractivity contribution >= 4 is 5.97 Å². The van der Waals surface area contributed by atoms with Crippen LogP contribution in [0.25, 0.3) is 0 Å². The third kappa shape index (κ3) is 3.34. The average molecular weight is 316 g/mol. The van der Waals surface area contributed by atoms with Crippen molar-refractivity contribution < 1.29 is 18.7 Å². The van der Waals surface area contributed by atoms with E-state index in [4.69, 9.17) is 15.2 Å². The maximum atomic E-state index is 13.6. The standard InChI is InChI=1S/C17H17FN2O3/c1-9(2)22-17(21)14-10(3)23-16(20)13(8-19)15(14)11-5-4-6-12(18)7-11/h4-7,9,15H,20H2,1-3H3. The van der Waals surface area contributed by atoms with E-state index in [0.717, 1.165) is 0 Å². The van der Waals surface area contributed by atoms with Gasteiger partial charge in [-0.15, -0.1) is 0 Å². The van der Waals surface area contributed by atoms with Crippen molar-refractivity contribution in [2.75, 3.05) is 0 Å². The van der Waals surface area contributed by atoms with Crippen LogP contribution >= 0.6 is 0 Å². The lowest BCUT2D eigenvalue weighted by Gasteiger charge is -2.27. The number of ether oxygens (including phenoxy) is 2. The molecule has 0 aromatic heterocycles. The van der Waals surface area contributed by atoms with Gasteiger partial charge in [-0.2, -0.15) is 5.26 Å². The highest BCUT2D eigenvalue weighted by molar-refractivity contribution is 5.92. The molecule has 2 rings (SSSR count). The first-order valence-corrected chi connectivity index (χ1v) is 7.10. The molecule has 1 heterocycles. The van der Waals surface area contributed by atoms with E-state index >= 15 is 0 Å². The Morgan fingerprint density at radius 1 is 1.48 bits per heavy atom. The monoisotopic (exact) mass is 316 g/mol. The Balaban J connectivity index is 2.59. The van der Waals surface area contributed by atoms with Gasteiger partial charge in [0.1, 0.15) is 23.2 Å². The minimum absolute atomic E-state index is 0.0527. The molecule has 1 aliphatic rings. The minimum Gasteiger partial charge on any atom is -0.459 e. The van der Waals surface area contributed by atoms with E-state index in [1.807, 2.05) is 6.07 Å². The largest absolute Gasteiger partial charge is 0.459 e. The van der Waals surface area contributed by atoms with Gasteiger partial charge in [0.2, 0.25) is 5.88 Å². The fourth-order valence-electron chi connectivity index (χ4n) is 2.44. The van der Waals surface area contributed by atoms with Crippen molar-refractivity contribution in [3.63, 3.8) is 0 Å². The maximum absolute atomic E-state index is 13.6. The van der Waals surface area contributed by atoms with Crippen molar-refractivity contribution in [1.82, 2.24) is 0 Å². The fourth-order valence-corrected chi connectivity index (χ4v) is 2.44. The molecule has 23 heavy (non-hydrogen) atoms. The summed E-state index contributed by atoms with van der Waals surface area (Å²) < 4.78 is 24.1. The van der Waals surface area contributed by atoms with Gasteiger partial charge in [-0.05, 0) is 38.5 Å². The van der Waals surface area contributed by atoms with E-state index in [9.17, 15) is 14.4 Å². The van der Waals surface area contributed by atoms with Crippen LogP contribution in [0.15, 0.2) is 47.1 Å². The van der Waals surface area contributed by atoms with E-state index in [0.29, 0.717) is 5.56 Å². The van der Waals surface area contributed by atoms with Crippen molar-refractivity contribution in [3.8, 4) is 6.07 Å². The lowest BCUT2D eigenvalue weighted by Crippen LogP contribution is -2.26. The molecule has 6 heteroatoms. The number of allylic oxidation sites excluding steroid dienone is 2. The van der Waals surface area contributed by atoms with Crippen LogP contribution in [0, 0.1) is 17.1 Å². The third-order valence-electron chi connectivity index (χ3n) is 3.35. The number of carbonyl (C=O) groups excluding carboxylic acids is 1. The summed E-state index contributed by atoms with van der Waals surface area (Å²) in [5.41, 5.74) is 6.40. The summed E-state index contributed by atoms with van der Waals surface area (Å²) in [6.45, 7) is 4.98. The Morgan fingerprint density at radius 2 is 2.17 bits per heavy atom. The number of nitriles is 1. The Kier molecular flexibility index (Phi) is 4.70. The predicted octanol–water partition coefficient (Wildman–Crippen LogP) is 2.86. The smallest absolute Gasteiger partial charge is 0.338 e. The summed E-state index contributed by atoms with van der Waals surface area (Å²) in [6.07, 6.45) is -0.343. The van der Waals surface area contributed by atoms with Crippen LogP contribution in [-0.4, -0.2) is 12.1 Å². The quantitative estimate of drug-likeness (QED) is 0.867. The molecule has 0 amide bonds. The summed E-state index contributed by atoms with van der Waals surface area (Å²) in [5, 5.41) is 9.39. The van der Waals surface area contributed by atoms with Gasteiger partial charge in [0, 0.05) is 0 Å². The number of hydrogen-bond acceptors (Lipinski definition) is 5. The highest BCUT2D eigenvalue weighted by atomic mass is 19.1. The van der Waals surface area contributed by atoms with Gasteiger partial charge in [-0.25, -0.2) is 9.18 Å². The van der Waals surface area contributed by atoms with E-state index in [-0.39, 0.29) is 28.9 Å². The first-order chi connectivity index (χ1) is 10.8. The highest BCUT2D eigenvalue weighted by Crippen LogP contribution is 2.39. The number of halogens is 1. The lowest BCUT2D eigenvalue weighted by atomic mass is 9.83. The molecule has 0 saturated carbocycles. The zero-order chi connectivity index (χ0) is 17.1. The van der Waals surface area contributed by atoms with Crippen LogP contribution in [-0.2, 0) is 14.3 Å². The van der Waals surface area contributed by atoms with E-state index in [1.165, 1.54) is 18.2 Å². The molecule has 1 atom stereocenters. The van der Waals surface area contributed by atoms with Crippen LogP contribution in [0.5, 0.6) is 0 Å². The first-order valence-electron chi connectivity index (χ1n) is 7.10. The van der Waals surface area contributed by atoms with Crippen molar-refractivity contribution in [2.24, 2.45) is 5.73 Å². The predicted molar refractivity (Wildman–Crippen MR) is 81.0 cm³/mol. The summed E-state index contributed by atoms with van der Waals surface area (Å²) >= 11 is 0. The number of hydrogen-bond donors (Lipinski definition) is 1. The van der Waals surface area contributed by atoms with Gasteiger partial charge in [0.15, 0.2) is 0 Å². The van der Waals surface area contributed by atoms with Gasteiger partial charge in [-0.1, -0.05) is 12.1 Å². The average Bonchev–Trinajstić information content (AvgIpc) is 2.45. The molecule has 0 bridgehead atoms. The number of nitrogens with zero attached hydrogens (tertiary/aromatic N) is 1. The fraction of sp³-hybridized carbons (Fsp3) is 0.294. The zero-order valence-electron chi connectivity index (χ0n) is 13.1. The summed E-state index contributed by atoms with van der Waals surface area (Å²) in [6, 6.07) is 7.62. The number of esters is 1. The van der Waals surface area contributed by atoms with Crippen molar-refractivity contribution in [2.45, 2.75) is 32.8 Å². The van der Waals surface area contributed by atoms with E-state index in [1.54, 1.807) is 26.8 Å². The van der Waals surface area contributed by atoms with Crippen molar-refractivity contribution in [3.05, 3.63) is 58.4 Å². The second kappa shape index (κ2) is 6.53. The number of nitrogens with two attached hydrogens (primary N) is 1. The van der Waals surface area contributed by atoms with Gasteiger partial charge < -0.3 is 15.2 Å². The Hall–Kier alpha value is -2.81. The van der Waals surface area contributed by atoms with Gasteiger partial charge in [-0.3, -0.25) is 0 Å². The van der Waals surface area contributed by atoms with Crippen LogP contribution in [0.2, 0.25) is 0 Å². The SMILES string of the molecule is CC1=C(C(=O)OC(C)C)C(c2cccc(F)c2)C(C#N)=C(N)O1. The van der Waals surface area contributed by atoms with Gasteiger partial charge in [0.05, 0.1) is 17.6 Å². The highest BCUT2D eigenvalue weighted by Gasteiger charge is 2.36. The normalized spacial score (nSPS) is 17.8. The number of rotatable bonds is 3. The first kappa shape index (κ1) is 16.6. The molecular weight excluding hydrogens is 299 g/mol. The Morgan fingerprint density at radius 3 is 2.74 bits per heavy atom. The molecule has 0 saturated heterocycles. The Labute approximate surface area is 133 Å². The second-order valence-corrected chi connectivity index (χ2v) is 5.40. The topological polar surface area (TPSA) is 85.3 Å². The molecule has 2 N–H and O–H groups in total. The molecule has 0 radical (unpaired) electrons. The van der Waals surface area contributed by atoms with Crippen LogP contribution in [0.3, 0.4) is 0 Å². The number of benzene rings is 1. The maximum Gasteiger partial charge on any atom is 0.338 e. The van der Waals surface area contributed by atoms with E-state index < -0.39 is 17.7 Å². The number of carbonyl (C=O) groups is 1. The van der Waals surface area contributed by atoms with Crippen LogP contribution in [0.4, 0.5) is 4.39 Å². The summed E-state index contributed by atoms with van der Waals surface area (Å²) in [7, 11) is 0. The second-order valence-electron chi connectivity index (χ2n) is 5.40. The van der Waals surface area contributed by atoms with Gasteiger partial charge >= 0.3 is 5.97 Å². The molecule has 1 aromatic rings. The van der Waals surface area contributed by atoms with Gasteiger partial charge in [0.25, 0.3) is 0 Å². The summed E-state index contributed by atoms with van der Waals surface area (Å²) in [4.78, 5) is 12.4. The molecular formula is C17H17FN2O3. The van der Waals surface area contributed by atoms with Crippen LogP contribution < -0.4 is 5.73 Å². The van der Waals surface area contributed by atoms with Crippen LogP contribution in [0.1, 0.15) is 32.3 Å². The molecule has 0 spiro atoms. The molecule has 0 fully saturated rings. The Bertz CT molecular complexity index is 744. The minimum atomic E-state index is -0.823. The lowest BCUT2D eigenvalue weighted by molar-refractivity contribution is -0.143. The molecule has 5 nitrogen and oxygen atoms in total. The zero-order valence-corrected chi connectivity index (χ0v) is 13.1. The molecule has 0 aliphatic carbocycles. The van der Waals surface area contributed by atoms with E-state index in [2.05, 4.69) is 0 Å². The summed E-state index contributed by atoms with van der Waals surface area (Å²) in [5.74, 6) is -1.77. The molecule has 1 aliphatic heterocycles. The molecule has 1 aromatic carbocycles.